The molecule has 1 aliphatic heterocycles. The van der Waals surface area contributed by atoms with Crippen molar-refractivity contribution < 1.29 is 4.79 Å². The van der Waals surface area contributed by atoms with Crippen molar-refractivity contribution in [3.63, 3.8) is 0 Å². The van der Waals surface area contributed by atoms with Crippen molar-refractivity contribution in [2.45, 2.75) is 31.3 Å². The minimum Gasteiger partial charge on any atom is -0.337 e. The number of nitrogens with zero attached hydrogens (tertiary/aromatic N) is 1. The van der Waals surface area contributed by atoms with E-state index in [2.05, 4.69) is 29.6 Å². The zero-order chi connectivity index (χ0) is 15.6. The number of hydrogen-bond donors (Lipinski definition) is 1. The summed E-state index contributed by atoms with van der Waals surface area (Å²) < 4.78 is 0. The van der Waals surface area contributed by atoms with Crippen LogP contribution in [0.4, 0.5) is 0 Å². The number of rotatable bonds is 3. The van der Waals surface area contributed by atoms with E-state index in [1.807, 2.05) is 35.2 Å². The van der Waals surface area contributed by atoms with E-state index >= 15 is 0 Å². The molecule has 0 unspecified atom stereocenters. The molecule has 2 aliphatic rings. The van der Waals surface area contributed by atoms with Gasteiger partial charge in [-0.2, -0.15) is 0 Å². The van der Waals surface area contributed by atoms with Crippen molar-refractivity contribution in [2.75, 3.05) is 13.1 Å². The summed E-state index contributed by atoms with van der Waals surface area (Å²) in [6.07, 6.45) is 3.27. The van der Waals surface area contributed by atoms with E-state index in [1.54, 1.807) is 0 Å². The monoisotopic (exact) mass is 306 g/mol. The summed E-state index contributed by atoms with van der Waals surface area (Å²) in [5, 5.41) is 3.77. The average Bonchev–Trinajstić information content (AvgIpc) is 3.21. The summed E-state index contributed by atoms with van der Waals surface area (Å²) in [5.41, 5.74) is 3.74. The standard InChI is InChI=1S/C20H22N2O/c23-20(15-6-2-1-3-7-15)22-11-10-18(14-22)21-19-12-16-8-4-5-9-17(16)13-19/h1-9,18-19,21H,10-14H2/t18-/m0/s1. The minimum atomic E-state index is 0.157. The first-order valence-corrected chi connectivity index (χ1v) is 8.47. The van der Waals surface area contributed by atoms with Crippen LogP contribution in [0.5, 0.6) is 0 Å². The molecule has 1 fully saturated rings. The third kappa shape index (κ3) is 3.02. The second-order valence-corrected chi connectivity index (χ2v) is 6.64. The average molecular weight is 306 g/mol. The highest BCUT2D eigenvalue weighted by Crippen LogP contribution is 2.23. The minimum absolute atomic E-state index is 0.157. The van der Waals surface area contributed by atoms with Crippen molar-refractivity contribution in [3.8, 4) is 0 Å². The van der Waals surface area contributed by atoms with Gasteiger partial charge >= 0.3 is 0 Å². The highest BCUT2D eigenvalue weighted by Gasteiger charge is 2.30. The Hall–Kier alpha value is -2.13. The van der Waals surface area contributed by atoms with Gasteiger partial charge in [0.25, 0.3) is 5.91 Å². The van der Waals surface area contributed by atoms with Gasteiger partial charge in [0.15, 0.2) is 0 Å². The van der Waals surface area contributed by atoms with Gasteiger partial charge in [-0.15, -0.1) is 0 Å². The Morgan fingerprint density at radius 2 is 1.57 bits per heavy atom. The van der Waals surface area contributed by atoms with Gasteiger partial charge in [-0.05, 0) is 42.5 Å². The molecule has 118 valence electrons. The Balaban J connectivity index is 1.34. The normalized spacial score (nSPS) is 20.7. The molecule has 2 aromatic carbocycles. The molecular weight excluding hydrogens is 284 g/mol. The molecule has 0 spiro atoms. The zero-order valence-corrected chi connectivity index (χ0v) is 13.2. The number of nitrogens with one attached hydrogen (secondary N) is 1. The van der Waals surface area contributed by atoms with E-state index in [-0.39, 0.29) is 5.91 Å². The maximum Gasteiger partial charge on any atom is 0.253 e. The first kappa shape index (κ1) is 14.5. The summed E-state index contributed by atoms with van der Waals surface area (Å²) in [6, 6.07) is 19.2. The first-order chi connectivity index (χ1) is 11.3. The van der Waals surface area contributed by atoms with Crippen LogP contribution in [0.1, 0.15) is 27.9 Å². The largest absolute Gasteiger partial charge is 0.337 e. The topological polar surface area (TPSA) is 32.3 Å². The first-order valence-electron chi connectivity index (χ1n) is 8.47. The van der Waals surface area contributed by atoms with Crippen molar-refractivity contribution >= 4 is 5.91 Å². The number of amides is 1. The van der Waals surface area contributed by atoms with Crippen LogP contribution in [0, 0.1) is 0 Å². The Labute approximate surface area is 137 Å². The number of carbonyl (C=O) groups is 1. The quantitative estimate of drug-likeness (QED) is 0.945. The van der Waals surface area contributed by atoms with Crippen LogP contribution in [-0.2, 0) is 12.8 Å². The highest BCUT2D eigenvalue weighted by atomic mass is 16.2. The fourth-order valence-corrected chi connectivity index (χ4v) is 3.85. The smallest absolute Gasteiger partial charge is 0.253 e. The molecule has 0 saturated carbocycles. The number of fused-ring (bicyclic) bond motifs is 1. The van der Waals surface area contributed by atoms with Crippen LogP contribution < -0.4 is 5.32 Å². The molecule has 1 amide bonds. The second kappa shape index (κ2) is 6.17. The molecule has 1 N–H and O–H groups in total. The molecule has 0 radical (unpaired) electrons. The van der Waals surface area contributed by atoms with Crippen molar-refractivity contribution in [2.24, 2.45) is 0 Å². The lowest BCUT2D eigenvalue weighted by Gasteiger charge is -2.20. The van der Waals surface area contributed by atoms with E-state index < -0.39 is 0 Å². The molecule has 1 aliphatic carbocycles. The summed E-state index contributed by atoms with van der Waals surface area (Å²) in [5.74, 6) is 0.157. The predicted octanol–water partition coefficient (Wildman–Crippen LogP) is 2.66. The van der Waals surface area contributed by atoms with Gasteiger partial charge in [0.1, 0.15) is 0 Å². The zero-order valence-electron chi connectivity index (χ0n) is 13.2. The molecule has 3 heteroatoms. The lowest BCUT2D eigenvalue weighted by molar-refractivity contribution is 0.0788. The van der Waals surface area contributed by atoms with Crippen LogP contribution in [0.15, 0.2) is 54.6 Å². The van der Waals surface area contributed by atoms with Crippen molar-refractivity contribution in [3.05, 3.63) is 71.3 Å². The number of benzene rings is 2. The van der Waals surface area contributed by atoms with Crippen LogP contribution in [0.2, 0.25) is 0 Å². The van der Waals surface area contributed by atoms with E-state index in [9.17, 15) is 4.79 Å². The van der Waals surface area contributed by atoms with Gasteiger partial charge in [0, 0.05) is 30.7 Å². The number of hydrogen-bond acceptors (Lipinski definition) is 2. The van der Waals surface area contributed by atoms with Crippen LogP contribution in [0.3, 0.4) is 0 Å². The Bertz CT molecular complexity index is 673. The highest BCUT2D eigenvalue weighted by molar-refractivity contribution is 5.94. The van der Waals surface area contributed by atoms with Crippen LogP contribution in [-0.4, -0.2) is 36.0 Å². The van der Waals surface area contributed by atoms with Crippen molar-refractivity contribution in [1.29, 1.82) is 0 Å². The molecular formula is C20H22N2O. The number of carbonyl (C=O) groups excluding carboxylic acids is 1. The Kier molecular flexibility index (Phi) is 3.88. The van der Waals surface area contributed by atoms with Crippen LogP contribution >= 0.6 is 0 Å². The van der Waals surface area contributed by atoms with Crippen molar-refractivity contribution in [1.82, 2.24) is 10.2 Å². The lowest BCUT2D eigenvalue weighted by Crippen LogP contribution is -2.41. The van der Waals surface area contributed by atoms with Gasteiger partial charge in [-0.3, -0.25) is 4.79 Å². The fourth-order valence-electron chi connectivity index (χ4n) is 3.85. The third-order valence-corrected chi connectivity index (χ3v) is 5.02. The molecule has 23 heavy (non-hydrogen) atoms. The maximum absolute atomic E-state index is 12.5. The van der Waals surface area contributed by atoms with E-state index in [1.165, 1.54) is 11.1 Å². The molecule has 4 rings (SSSR count). The molecule has 1 atom stereocenters. The van der Waals surface area contributed by atoms with E-state index in [4.69, 9.17) is 0 Å². The molecule has 0 bridgehead atoms. The van der Waals surface area contributed by atoms with Gasteiger partial charge in [-0.1, -0.05) is 42.5 Å². The van der Waals surface area contributed by atoms with Gasteiger partial charge in [0.2, 0.25) is 0 Å². The van der Waals surface area contributed by atoms with Gasteiger partial charge < -0.3 is 10.2 Å². The summed E-state index contributed by atoms with van der Waals surface area (Å²) >= 11 is 0. The Morgan fingerprint density at radius 1 is 0.913 bits per heavy atom. The summed E-state index contributed by atoms with van der Waals surface area (Å²) in [4.78, 5) is 14.5. The predicted molar refractivity (Wildman–Crippen MR) is 91.5 cm³/mol. The third-order valence-electron chi connectivity index (χ3n) is 5.02. The molecule has 2 aromatic rings. The second-order valence-electron chi connectivity index (χ2n) is 6.64. The van der Waals surface area contributed by atoms with Gasteiger partial charge in [-0.25, -0.2) is 0 Å². The van der Waals surface area contributed by atoms with Crippen LogP contribution in [0.25, 0.3) is 0 Å². The summed E-state index contributed by atoms with van der Waals surface area (Å²) in [7, 11) is 0. The number of likely N-dealkylation sites (tertiary alicyclic amines) is 1. The molecule has 1 heterocycles. The molecule has 1 saturated heterocycles. The fraction of sp³-hybridized carbons (Fsp3) is 0.350. The Morgan fingerprint density at radius 3 is 2.26 bits per heavy atom. The maximum atomic E-state index is 12.5. The summed E-state index contributed by atoms with van der Waals surface area (Å²) in [6.45, 7) is 1.67. The molecule has 0 aromatic heterocycles. The van der Waals surface area contributed by atoms with Gasteiger partial charge in [0.05, 0.1) is 0 Å². The SMILES string of the molecule is O=C(c1ccccc1)N1CC[C@H](NC2Cc3ccccc3C2)C1. The molecule has 3 nitrogen and oxygen atoms in total. The lowest BCUT2D eigenvalue weighted by atomic mass is 10.1. The van der Waals surface area contributed by atoms with E-state index in [0.29, 0.717) is 12.1 Å². The van der Waals surface area contributed by atoms with E-state index in [0.717, 1.165) is 37.9 Å².